The number of nitrogens with zero attached hydrogens (tertiary/aromatic N) is 6. The highest BCUT2D eigenvalue weighted by Crippen LogP contribution is 2.08. The Bertz CT molecular complexity index is 817. The van der Waals surface area contributed by atoms with Gasteiger partial charge in [0.1, 0.15) is 12.2 Å². The van der Waals surface area contributed by atoms with Crippen LogP contribution >= 0.6 is 0 Å². The topological polar surface area (TPSA) is 85.0 Å². The van der Waals surface area contributed by atoms with Gasteiger partial charge in [0.2, 0.25) is 0 Å². The quantitative estimate of drug-likeness (QED) is 0.496. The van der Waals surface area contributed by atoms with E-state index >= 15 is 0 Å². The van der Waals surface area contributed by atoms with E-state index in [2.05, 4.69) is 62.1 Å². The normalized spacial score (nSPS) is 11.5. The molecule has 2 N–H and O–H groups in total. The first-order chi connectivity index (χ1) is 12.8. The fraction of sp³-hybridized carbons (Fsp3) is 0.333. The van der Waals surface area contributed by atoms with Gasteiger partial charge in [-0.15, -0.1) is 10.2 Å². The van der Waals surface area contributed by atoms with Crippen LogP contribution in [0.1, 0.15) is 18.3 Å². The van der Waals surface area contributed by atoms with Gasteiger partial charge < -0.3 is 15.2 Å². The predicted molar refractivity (Wildman–Crippen MR) is 101 cm³/mol. The van der Waals surface area contributed by atoms with Crippen LogP contribution in [0.3, 0.4) is 0 Å². The van der Waals surface area contributed by atoms with Gasteiger partial charge in [0, 0.05) is 45.5 Å². The molecule has 0 saturated heterocycles. The minimum absolute atomic E-state index is 0.700. The molecule has 2 heterocycles. The lowest BCUT2D eigenvalue weighted by Gasteiger charge is -2.13. The molecule has 3 aromatic rings. The number of hydrogen-bond donors (Lipinski definition) is 2. The average Bonchev–Trinajstić information content (AvgIpc) is 3.36. The van der Waals surface area contributed by atoms with Crippen molar-refractivity contribution in [2.24, 2.45) is 4.99 Å². The molecule has 3 rings (SSSR count). The number of aliphatic imine (C=N–C) groups is 1. The lowest BCUT2D eigenvalue weighted by molar-refractivity contribution is 0.632. The Morgan fingerprint density at radius 1 is 1.19 bits per heavy atom. The second-order valence-electron chi connectivity index (χ2n) is 5.76. The van der Waals surface area contributed by atoms with E-state index in [-0.39, 0.29) is 0 Å². The molecule has 0 amide bonds. The Hall–Kier alpha value is -3.16. The first-order valence-electron chi connectivity index (χ1n) is 8.70. The lowest BCUT2D eigenvalue weighted by atomic mass is 10.2. The number of benzene rings is 1. The van der Waals surface area contributed by atoms with Crippen LogP contribution in [-0.4, -0.2) is 44.1 Å². The summed E-state index contributed by atoms with van der Waals surface area (Å²) in [5.74, 6) is 1.76. The molecule has 0 aliphatic heterocycles. The second-order valence-corrected chi connectivity index (χ2v) is 5.76. The van der Waals surface area contributed by atoms with Crippen LogP contribution in [-0.2, 0) is 19.5 Å². The van der Waals surface area contributed by atoms with Crippen LogP contribution in [0.5, 0.6) is 0 Å². The summed E-state index contributed by atoms with van der Waals surface area (Å²) in [7, 11) is 1.77. The van der Waals surface area contributed by atoms with Crippen molar-refractivity contribution in [2.45, 2.75) is 26.4 Å². The zero-order valence-corrected chi connectivity index (χ0v) is 15.1. The number of nitrogens with one attached hydrogen (secondary N) is 2. The lowest BCUT2D eigenvalue weighted by Crippen LogP contribution is -2.38. The highest BCUT2D eigenvalue weighted by molar-refractivity contribution is 5.79. The van der Waals surface area contributed by atoms with Crippen LogP contribution in [0, 0.1) is 0 Å². The van der Waals surface area contributed by atoms with Crippen LogP contribution < -0.4 is 10.6 Å². The van der Waals surface area contributed by atoms with Gasteiger partial charge in [0.05, 0.1) is 5.69 Å². The van der Waals surface area contributed by atoms with E-state index in [0.717, 1.165) is 37.0 Å². The van der Waals surface area contributed by atoms with Gasteiger partial charge in [-0.3, -0.25) is 4.99 Å². The van der Waals surface area contributed by atoms with Crippen molar-refractivity contribution in [1.29, 1.82) is 0 Å². The summed E-state index contributed by atoms with van der Waals surface area (Å²) < 4.78 is 3.89. The highest BCUT2D eigenvalue weighted by atomic mass is 15.3. The van der Waals surface area contributed by atoms with Gasteiger partial charge in [-0.25, -0.2) is 4.68 Å². The number of rotatable bonds is 7. The Balaban J connectivity index is 1.46. The Morgan fingerprint density at radius 2 is 2.04 bits per heavy atom. The summed E-state index contributed by atoms with van der Waals surface area (Å²) >= 11 is 0. The number of guanidine groups is 1. The van der Waals surface area contributed by atoms with Crippen molar-refractivity contribution in [3.05, 3.63) is 60.4 Å². The Labute approximate surface area is 153 Å². The molecular formula is C18H24N8. The van der Waals surface area contributed by atoms with Crippen molar-refractivity contribution < 1.29 is 0 Å². The minimum atomic E-state index is 0.700. The van der Waals surface area contributed by atoms with Crippen LogP contribution in [0.25, 0.3) is 5.69 Å². The standard InChI is InChI=1S/C18H24N8/c1-3-17-24-22-14-25(17)12-10-20-18(19-2)21-13-15-5-7-16(8-6-15)26-11-4-9-23-26/h4-9,11,14H,3,10,12-13H2,1-2H3,(H2,19,20,21). The molecule has 0 aliphatic carbocycles. The average molecular weight is 352 g/mol. The summed E-state index contributed by atoms with van der Waals surface area (Å²) in [5.41, 5.74) is 2.22. The maximum atomic E-state index is 4.26. The van der Waals surface area contributed by atoms with Gasteiger partial charge in [-0.1, -0.05) is 19.1 Å². The number of aryl methyl sites for hydroxylation is 1. The summed E-state index contributed by atoms with van der Waals surface area (Å²) in [6.45, 7) is 4.33. The molecule has 1 aromatic carbocycles. The molecule has 8 nitrogen and oxygen atoms in total. The molecule has 0 aliphatic rings. The van der Waals surface area contributed by atoms with E-state index in [0.29, 0.717) is 6.54 Å². The molecule has 0 radical (unpaired) electrons. The monoisotopic (exact) mass is 352 g/mol. The van der Waals surface area contributed by atoms with E-state index in [1.165, 1.54) is 5.56 Å². The Morgan fingerprint density at radius 3 is 2.73 bits per heavy atom. The first kappa shape index (κ1) is 17.7. The van der Waals surface area contributed by atoms with Gasteiger partial charge in [-0.2, -0.15) is 5.10 Å². The first-order valence-corrected chi connectivity index (χ1v) is 8.70. The summed E-state index contributed by atoms with van der Waals surface area (Å²) in [4.78, 5) is 4.26. The van der Waals surface area contributed by atoms with Gasteiger partial charge in [-0.05, 0) is 23.8 Å². The molecule has 2 aromatic heterocycles. The smallest absolute Gasteiger partial charge is 0.191 e. The fourth-order valence-electron chi connectivity index (χ4n) is 2.63. The third-order valence-corrected chi connectivity index (χ3v) is 4.05. The van der Waals surface area contributed by atoms with Crippen molar-refractivity contribution in [1.82, 2.24) is 35.2 Å². The van der Waals surface area contributed by atoms with E-state index < -0.39 is 0 Å². The predicted octanol–water partition coefficient (Wildman–Crippen LogP) is 1.39. The van der Waals surface area contributed by atoms with E-state index in [4.69, 9.17) is 0 Å². The Kier molecular flexibility index (Phi) is 5.97. The molecule has 8 heteroatoms. The number of aromatic nitrogens is 5. The SMILES string of the molecule is CCc1nncn1CCNC(=NC)NCc1ccc(-n2cccn2)cc1. The van der Waals surface area contributed by atoms with Crippen molar-refractivity contribution in [2.75, 3.05) is 13.6 Å². The summed E-state index contributed by atoms with van der Waals surface area (Å²) in [5, 5.41) is 18.9. The minimum Gasteiger partial charge on any atom is -0.355 e. The molecule has 0 spiro atoms. The third kappa shape index (κ3) is 4.47. The van der Waals surface area contributed by atoms with Crippen LogP contribution in [0.15, 0.2) is 54.0 Å². The van der Waals surface area contributed by atoms with Crippen molar-refractivity contribution >= 4 is 5.96 Å². The van der Waals surface area contributed by atoms with Crippen molar-refractivity contribution in [3.63, 3.8) is 0 Å². The van der Waals surface area contributed by atoms with Gasteiger partial charge in [0.15, 0.2) is 5.96 Å². The van der Waals surface area contributed by atoms with Gasteiger partial charge >= 0.3 is 0 Å². The molecule has 0 fully saturated rings. The molecule has 0 saturated carbocycles. The summed E-state index contributed by atoms with van der Waals surface area (Å²) in [6, 6.07) is 10.2. The molecular weight excluding hydrogens is 328 g/mol. The second kappa shape index (κ2) is 8.80. The van der Waals surface area contributed by atoms with E-state index in [9.17, 15) is 0 Å². The molecule has 0 unspecified atom stereocenters. The molecule has 26 heavy (non-hydrogen) atoms. The van der Waals surface area contributed by atoms with Gasteiger partial charge in [0.25, 0.3) is 0 Å². The van der Waals surface area contributed by atoms with E-state index in [1.807, 2.05) is 21.5 Å². The van der Waals surface area contributed by atoms with Crippen molar-refractivity contribution in [3.8, 4) is 5.69 Å². The summed E-state index contributed by atoms with van der Waals surface area (Å²) in [6.07, 6.45) is 6.34. The number of hydrogen-bond acceptors (Lipinski definition) is 4. The third-order valence-electron chi connectivity index (χ3n) is 4.05. The molecule has 0 bridgehead atoms. The maximum Gasteiger partial charge on any atom is 0.191 e. The van der Waals surface area contributed by atoms with Crippen LogP contribution in [0.4, 0.5) is 0 Å². The molecule has 0 atom stereocenters. The fourth-order valence-corrected chi connectivity index (χ4v) is 2.63. The molecule has 136 valence electrons. The highest BCUT2D eigenvalue weighted by Gasteiger charge is 2.03. The zero-order chi connectivity index (χ0) is 18.2. The largest absolute Gasteiger partial charge is 0.355 e. The van der Waals surface area contributed by atoms with Crippen LogP contribution in [0.2, 0.25) is 0 Å². The van der Waals surface area contributed by atoms with E-state index in [1.54, 1.807) is 19.6 Å². The zero-order valence-electron chi connectivity index (χ0n) is 15.1. The maximum absolute atomic E-state index is 4.26.